The minimum atomic E-state index is -0.272. The van der Waals surface area contributed by atoms with E-state index in [2.05, 4.69) is 0 Å². The van der Waals surface area contributed by atoms with Gasteiger partial charge in [-0.05, 0) is 0 Å². The Balaban J connectivity index is 1.80. The molecule has 1 aliphatic heterocycles. The summed E-state index contributed by atoms with van der Waals surface area (Å²) in [6, 6.07) is 6.91. The van der Waals surface area contributed by atoms with Crippen LogP contribution in [0, 0.1) is 30.1 Å². The Morgan fingerprint density at radius 1 is 1.14 bits per heavy atom. The van der Waals surface area contributed by atoms with Gasteiger partial charge >= 0.3 is 139 Å². The van der Waals surface area contributed by atoms with Crippen LogP contribution in [-0.4, -0.2) is 26.2 Å². The second-order valence-electron chi connectivity index (χ2n) is 6.09. The normalized spacial score (nSPS) is 28.7. The Hall–Kier alpha value is -1.09. The monoisotopic (exact) mass is 480 g/mol. The zero-order chi connectivity index (χ0) is 15.2. The maximum absolute atomic E-state index is 12.4. The first kappa shape index (κ1) is 14.8. The maximum atomic E-state index is 12.4. The van der Waals surface area contributed by atoms with Crippen molar-refractivity contribution < 1.29 is 39.1 Å². The molecule has 5 heteroatoms. The molecule has 0 atom stereocenters. The van der Waals surface area contributed by atoms with Crippen molar-refractivity contribution >= 4 is 15.3 Å². The van der Waals surface area contributed by atoms with E-state index in [0.717, 1.165) is 25.7 Å². The van der Waals surface area contributed by atoms with Gasteiger partial charge in [0.1, 0.15) is 0 Å². The van der Waals surface area contributed by atoms with Gasteiger partial charge in [-0.15, -0.1) is 0 Å². The van der Waals surface area contributed by atoms with Gasteiger partial charge in [0.25, 0.3) is 0 Å². The quantitative estimate of drug-likeness (QED) is 0.611. The van der Waals surface area contributed by atoms with Crippen LogP contribution in [0.25, 0.3) is 0 Å². The summed E-state index contributed by atoms with van der Waals surface area (Å²) < 4.78 is 0.253. The number of amides is 2. The zero-order valence-corrected chi connectivity index (χ0v) is 14.7. The average molecular weight is 480 g/mol. The third-order valence-electron chi connectivity index (χ3n) is 4.72. The predicted octanol–water partition coefficient (Wildman–Crippen LogP) is 2.31. The van der Waals surface area contributed by atoms with Crippen LogP contribution < -0.4 is 0 Å². The number of carbonyl (C=O) groups is 3. The summed E-state index contributed by atoms with van der Waals surface area (Å²) in [5, 5.41) is 0. The fraction of sp³-hybridized carbons (Fsp3) is 0.438. The van der Waals surface area contributed by atoms with Crippen molar-refractivity contribution in [3.8, 4) is 0 Å². The molecule has 3 rings (SSSR count). The van der Waals surface area contributed by atoms with E-state index in [1.807, 2.05) is 6.92 Å². The molecule has 1 aliphatic carbocycles. The van der Waals surface area contributed by atoms with Gasteiger partial charge in [0.05, 0.1) is 0 Å². The van der Waals surface area contributed by atoms with Crippen molar-refractivity contribution in [2.75, 3.05) is 0 Å². The molecule has 1 aromatic carbocycles. The molecule has 2 aliphatic rings. The number of carbonyl (C=O) groups excluding carboxylic acids is 3. The van der Waals surface area contributed by atoms with Gasteiger partial charge in [-0.1, -0.05) is 0 Å². The SMILES string of the molecule is CC1(C(=O)[At])CCC(N2C(=O)c3ccccc3C2=O)CC1. The number of hydrogen-bond donors (Lipinski definition) is 0. The summed E-state index contributed by atoms with van der Waals surface area (Å²) in [4.78, 5) is 38.0. The molecule has 110 valence electrons. The van der Waals surface area contributed by atoms with E-state index in [1.165, 1.54) is 29.6 Å². The second kappa shape index (κ2) is 5.28. The Bertz CT molecular complexity index is 597. The minimum absolute atomic E-state index is 0.0727. The van der Waals surface area contributed by atoms with Crippen LogP contribution in [0.5, 0.6) is 0 Å². The van der Waals surface area contributed by atoms with Crippen LogP contribution in [0.2, 0.25) is 0 Å². The van der Waals surface area contributed by atoms with Crippen LogP contribution in [0.3, 0.4) is 0 Å². The van der Waals surface area contributed by atoms with Crippen LogP contribution in [0.1, 0.15) is 53.3 Å². The molecule has 2 amide bonds. The molecule has 1 saturated carbocycles. The zero-order valence-electron chi connectivity index (χ0n) is 11.8. The first-order chi connectivity index (χ1) is 9.94. The van der Waals surface area contributed by atoms with E-state index >= 15 is 0 Å². The van der Waals surface area contributed by atoms with E-state index in [0.29, 0.717) is 11.1 Å². The van der Waals surface area contributed by atoms with Crippen molar-refractivity contribution in [2.24, 2.45) is 5.41 Å². The van der Waals surface area contributed by atoms with Crippen LogP contribution in [0.15, 0.2) is 24.3 Å². The van der Waals surface area contributed by atoms with Crippen molar-refractivity contribution in [3.05, 3.63) is 35.4 Å². The average Bonchev–Trinajstić information content (AvgIpc) is 2.73. The predicted molar refractivity (Wildman–Crippen MR) is 72.3 cm³/mol. The molecule has 0 bridgehead atoms. The fourth-order valence-corrected chi connectivity index (χ4v) is 3.97. The van der Waals surface area contributed by atoms with Gasteiger partial charge in [0, 0.05) is 0 Å². The molecule has 0 N–H and O–H groups in total. The van der Waals surface area contributed by atoms with E-state index in [-0.39, 0.29) is 26.8 Å². The van der Waals surface area contributed by atoms with Crippen LogP contribution in [-0.2, 0) is 4.79 Å². The molecular weight excluding hydrogens is 464 g/mol. The van der Waals surface area contributed by atoms with Crippen LogP contribution in [0.4, 0.5) is 0 Å². The first-order valence-electron chi connectivity index (χ1n) is 7.11. The van der Waals surface area contributed by atoms with Gasteiger partial charge in [0.2, 0.25) is 0 Å². The second-order valence-corrected chi connectivity index (χ2v) is 7.43. The summed E-state index contributed by atoms with van der Waals surface area (Å²) in [5.41, 5.74) is 0.738. The number of benzene rings is 1. The molecule has 1 aromatic rings. The number of fused-ring (bicyclic) bond motifs is 1. The van der Waals surface area contributed by atoms with Crippen molar-refractivity contribution in [3.63, 3.8) is 0 Å². The van der Waals surface area contributed by atoms with E-state index in [1.54, 1.807) is 24.3 Å². The molecule has 1 heterocycles. The molecular formula is C16H16AtNO3. The van der Waals surface area contributed by atoms with E-state index in [4.69, 9.17) is 0 Å². The van der Waals surface area contributed by atoms with Gasteiger partial charge < -0.3 is 0 Å². The number of hydrogen-bond acceptors (Lipinski definition) is 3. The third-order valence-corrected chi connectivity index (χ3v) is 6.50. The van der Waals surface area contributed by atoms with Crippen molar-refractivity contribution in [2.45, 2.75) is 38.6 Å². The molecule has 0 saturated heterocycles. The molecule has 0 aromatic heterocycles. The summed E-state index contributed by atoms with van der Waals surface area (Å²) in [7, 11) is 0. The van der Waals surface area contributed by atoms with E-state index in [9.17, 15) is 14.4 Å². The topological polar surface area (TPSA) is 54.5 Å². The third kappa shape index (κ3) is 2.36. The van der Waals surface area contributed by atoms with Gasteiger partial charge in [-0.25, -0.2) is 0 Å². The van der Waals surface area contributed by atoms with E-state index < -0.39 is 0 Å². The fourth-order valence-electron chi connectivity index (χ4n) is 3.23. The van der Waals surface area contributed by atoms with Crippen molar-refractivity contribution in [1.82, 2.24) is 4.90 Å². The number of nitrogens with zero attached hydrogens (tertiary/aromatic N) is 1. The summed E-state index contributed by atoms with van der Waals surface area (Å²) in [6.07, 6.45) is 2.94. The Morgan fingerprint density at radius 2 is 1.62 bits per heavy atom. The Kier molecular flexibility index (Phi) is 3.73. The molecule has 0 unspecified atom stereocenters. The Labute approximate surface area is 138 Å². The van der Waals surface area contributed by atoms with Crippen LogP contribution >= 0.6 is 0 Å². The Morgan fingerprint density at radius 3 is 2.05 bits per heavy atom. The number of rotatable bonds is 2. The van der Waals surface area contributed by atoms with Gasteiger partial charge in [-0.2, -0.15) is 0 Å². The molecule has 4 nitrogen and oxygen atoms in total. The van der Waals surface area contributed by atoms with Gasteiger partial charge in [-0.3, -0.25) is 0 Å². The standard InChI is InChI=1S/C16H16AtNO3/c1-16(15(17)21)8-6-10(7-9-16)18-13(19)11-4-2-3-5-12(11)14(18)20/h2-5,10H,6-9H2,1H3. The van der Waals surface area contributed by atoms with Gasteiger partial charge in [0.15, 0.2) is 0 Å². The molecule has 21 heavy (non-hydrogen) atoms. The molecule has 0 spiro atoms. The first-order valence-corrected chi connectivity index (χ1v) is 8.58. The summed E-state index contributed by atoms with van der Waals surface area (Å²) in [6.45, 7) is 1.99. The molecule has 0 radical (unpaired) electrons. The molecule has 1 fully saturated rings. The summed E-state index contributed by atoms with van der Waals surface area (Å²) in [5.74, 6) is -0.369. The number of imide groups is 1. The van der Waals surface area contributed by atoms with Crippen molar-refractivity contribution in [1.29, 1.82) is 0 Å². The summed E-state index contributed by atoms with van der Waals surface area (Å²) >= 11 is 1.20.